The molecule has 0 fully saturated rings. The molecule has 2 nitrogen and oxygen atoms in total. The largest absolute Gasteiger partial charge is 0.496 e. The molecule has 1 aromatic rings. The molecule has 1 aromatic carbocycles. The SMILES string of the molecule is COc1cc(CC(C)O)ccc1Br. The van der Waals surface area contributed by atoms with Gasteiger partial charge in [-0.3, -0.25) is 0 Å². The monoisotopic (exact) mass is 244 g/mol. The van der Waals surface area contributed by atoms with Crippen LogP contribution in [0.2, 0.25) is 0 Å². The Balaban J connectivity index is 2.86. The van der Waals surface area contributed by atoms with Crippen molar-refractivity contribution in [3.8, 4) is 5.75 Å². The van der Waals surface area contributed by atoms with Crippen LogP contribution in [-0.2, 0) is 6.42 Å². The second-order valence-electron chi connectivity index (χ2n) is 3.02. The van der Waals surface area contributed by atoms with E-state index in [1.54, 1.807) is 14.0 Å². The van der Waals surface area contributed by atoms with Crippen LogP contribution >= 0.6 is 15.9 Å². The van der Waals surface area contributed by atoms with Gasteiger partial charge in [0, 0.05) is 0 Å². The topological polar surface area (TPSA) is 29.5 Å². The molecule has 0 heterocycles. The van der Waals surface area contributed by atoms with Crippen molar-refractivity contribution in [3.05, 3.63) is 28.2 Å². The van der Waals surface area contributed by atoms with Crippen LogP contribution in [0.4, 0.5) is 0 Å². The van der Waals surface area contributed by atoms with Crippen molar-refractivity contribution in [2.75, 3.05) is 7.11 Å². The van der Waals surface area contributed by atoms with E-state index in [9.17, 15) is 5.11 Å². The zero-order valence-electron chi connectivity index (χ0n) is 7.75. The van der Waals surface area contributed by atoms with Crippen LogP contribution in [0, 0.1) is 0 Å². The van der Waals surface area contributed by atoms with Crippen molar-refractivity contribution in [3.63, 3.8) is 0 Å². The fourth-order valence-corrected chi connectivity index (χ4v) is 1.58. The van der Waals surface area contributed by atoms with Crippen LogP contribution in [0.5, 0.6) is 5.75 Å². The summed E-state index contributed by atoms with van der Waals surface area (Å²) in [5.74, 6) is 0.804. The van der Waals surface area contributed by atoms with Gasteiger partial charge in [-0.1, -0.05) is 6.07 Å². The smallest absolute Gasteiger partial charge is 0.133 e. The Labute approximate surface area is 86.7 Å². The summed E-state index contributed by atoms with van der Waals surface area (Å²) < 4.78 is 6.07. The maximum Gasteiger partial charge on any atom is 0.133 e. The van der Waals surface area contributed by atoms with Gasteiger partial charge in [0.15, 0.2) is 0 Å². The molecular weight excluding hydrogens is 232 g/mol. The molecule has 0 aliphatic rings. The number of aliphatic hydroxyl groups excluding tert-OH is 1. The van der Waals surface area contributed by atoms with Gasteiger partial charge in [-0.05, 0) is 47.0 Å². The van der Waals surface area contributed by atoms with Gasteiger partial charge in [-0.25, -0.2) is 0 Å². The molecule has 0 bridgehead atoms. The second-order valence-corrected chi connectivity index (χ2v) is 3.88. The van der Waals surface area contributed by atoms with Crippen LogP contribution < -0.4 is 4.74 Å². The molecule has 1 rings (SSSR count). The summed E-state index contributed by atoms with van der Waals surface area (Å²) in [6.45, 7) is 1.77. The van der Waals surface area contributed by atoms with Crippen LogP contribution in [0.3, 0.4) is 0 Å². The standard InChI is InChI=1S/C10H13BrO2/c1-7(12)5-8-3-4-9(11)10(6-8)13-2/h3-4,6-7,12H,5H2,1-2H3. The first-order valence-electron chi connectivity index (χ1n) is 4.14. The van der Waals surface area contributed by atoms with E-state index < -0.39 is 0 Å². The van der Waals surface area contributed by atoms with Crippen molar-refractivity contribution in [1.29, 1.82) is 0 Å². The highest BCUT2D eigenvalue weighted by molar-refractivity contribution is 9.10. The minimum Gasteiger partial charge on any atom is -0.496 e. The lowest BCUT2D eigenvalue weighted by atomic mass is 10.1. The molecule has 1 unspecified atom stereocenters. The Bertz CT molecular complexity index is 284. The van der Waals surface area contributed by atoms with Crippen molar-refractivity contribution >= 4 is 15.9 Å². The van der Waals surface area contributed by atoms with Crippen LogP contribution in [-0.4, -0.2) is 18.3 Å². The predicted octanol–water partition coefficient (Wildman–Crippen LogP) is 2.38. The summed E-state index contributed by atoms with van der Waals surface area (Å²) in [5.41, 5.74) is 1.08. The lowest BCUT2D eigenvalue weighted by Crippen LogP contribution is -2.04. The molecule has 0 aliphatic heterocycles. The van der Waals surface area contributed by atoms with E-state index in [2.05, 4.69) is 15.9 Å². The van der Waals surface area contributed by atoms with Crippen molar-refractivity contribution in [2.24, 2.45) is 0 Å². The van der Waals surface area contributed by atoms with E-state index in [1.165, 1.54) is 0 Å². The van der Waals surface area contributed by atoms with Gasteiger partial charge < -0.3 is 9.84 Å². The first-order chi connectivity index (χ1) is 6.13. The van der Waals surface area contributed by atoms with Crippen LogP contribution in [0.15, 0.2) is 22.7 Å². The second kappa shape index (κ2) is 4.63. The van der Waals surface area contributed by atoms with Gasteiger partial charge in [0.2, 0.25) is 0 Å². The number of aliphatic hydroxyl groups is 1. The van der Waals surface area contributed by atoms with E-state index >= 15 is 0 Å². The lowest BCUT2D eigenvalue weighted by Gasteiger charge is -2.07. The summed E-state index contributed by atoms with van der Waals surface area (Å²) in [5, 5.41) is 9.19. The molecule has 0 aromatic heterocycles. The average molecular weight is 245 g/mol. The van der Waals surface area contributed by atoms with Crippen molar-refractivity contribution in [1.82, 2.24) is 0 Å². The van der Waals surface area contributed by atoms with E-state index in [4.69, 9.17) is 4.74 Å². The fraction of sp³-hybridized carbons (Fsp3) is 0.400. The van der Waals surface area contributed by atoms with E-state index in [-0.39, 0.29) is 6.10 Å². The highest BCUT2D eigenvalue weighted by Crippen LogP contribution is 2.25. The van der Waals surface area contributed by atoms with Gasteiger partial charge in [0.05, 0.1) is 17.7 Å². The molecule has 0 spiro atoms. The molecule has 0 radical (unpaired) electrons. The third-order valence-corrected chi connectivity index (χ3v) is 2.40. The molecule has 13 heavy (non-hydrogen) atoms. The zero-order chi connectivity index (χ0) is 9.84. The number of methoxy groups -OCH3 is 1. The molecular formula is C10H13BrO2. The van der Waals surface area contributed by atoms with Gasteiger partial charge in [0.1, 0.15) is 5.75 Å². The third kappa shape index (κ3) is 3.01. The average Bonchev–Trinajstić information content (AvgIpc) is 2.07. The van der Waals surface area contributed by atoms with Crippen LogP contribution in [0.25, 0.3) is 0 Å². The Morgan fingerprint density at radius 3 is 2.77 bits per heavy atom. The third-order valence-electron chi connectivity index (χ3n) is 1.75. The van der Waals surface area contributed by atoms with Gasteiger partial charge >= 0.3 is 0 Å². The van der Waals surface area contributed by atoms with Gasteiger partial charge in [-0.15, -0.1) is 0 Å². The number of hydrogen-bond acceptors (Lipinski definition) is 2. The highest BCUT2D eigenvalue weighted by atomic mass is 79.9. The molecule has 72 valence electrons. The first-order valence-corrected chi connectivity index (χ1v) is 4.93. The minimum atomic E-state index is -0.314. The Morgan fingerprint density at radius 1 is 1.54 bits per heavy atom. The van der Waals surface area contributed by atoms with Gasteiger partial charge in [-0.2, -0.15) is 0 Å². The summed E-state index contributed by atoms with van der Waals surface area (Å²) >= 11 is 3.37. The fourth-order valence-electron chi connectivity index (χ4n) is 1.17. The number of benzene rings is 1. The van der Waals surface area contributed by atoms with Crippen molar-refractivity contribution < 1.29 is 9.84 Å². The number of hydrogen-bond donors (Lipinski definition) is 1. The number of rotatable bonds is 3. The minimum absolute atomic E-state index is 0.314. The zero-order valence-corrected chi connectivity index (χ0v) is 9.34. The molecule has 0 amide bonds. The molecule has 1 atom stereocenters. The number of ether oxygens (including phenoxy) is 1. The molecule has 1 N–H and O–H groups in total. The lowest BCUT2D eigenvalue weighted by molar-refractivity contribution is 0.195. The Morgan fingerprint density at radius 2 is 2.23 bits per heavy atom. The Kier molecular flexibility index (Phi) is 3.75. The van der Waals surface area contributed by atoms with Crippen LogP contribution in [0.1, 0.15) is 12.5 Å². The molecule has 3 heteroatoms. The quantitative estimate of drug-likeness (QED) is 0.885. The maximum atomic E-state index is 9.19. The summed E-state index contributed by atoms with van der Waals surface area (Å²) in [4.78, 5) is 0. The molecule has 0 aliphatic carbocycles. The van der Waals surface area contributed by atoms with E-state index in [0.717, 1.165) is 15.8 Å². The normalized spacial score (nSPS) is 12.6. The van der Waals surface area contributed by atoms with Crippen molar-refractivity contribution in [2.45, 2.75) is 19.4 Å². The van der Waals surface area contributed by atoms with E-state index in [0.29, 0.717) is 6.42 Å². The maximum absolute atomic E-state index is 9.19. The summed E-state index contributed by atoms with van der Waals surface area (Å²) in [6.07, 6.45) is 0.342. The predicted molar refractivity (Wildman–Crippen MR) is 56.1 cm³/mol. The number of halogens is 1. The molecule has 0 saturated carbocycles. The summed E-state index contributed by atoms with van der Waals surface area (Å²) in [7, 11) is 1.63. The summed E-state index contributed by atoms with van der Waals surface area (Å²) in [6, 6.07) is 5.83. The molecule has 0 saturated heterocycles. The van der Waals surface area contributed by atoms with Gasteiger partial charge in [0.25, 0.3) is 0 Å². The highest BCUT2D eigenvalue weighted by Gasteiger charge is 2.03. The van der Waals surface area contributed by atoms with E-state index in [1.807, 2.05) is 18.2 Å². The Hall–Kier alpha value is -0.540. The first kappa shape index (κ1) is 10.5.